The highest BCUT2D eigenvalue weighted by Gasteiger charge is 2.26. The number of nitrogens with zero attached hydrogens (tertiary/aromatic N) is 2. The zero-order valence-electron chi connectivity index (χ0n) is 14.6. The molecule has 1 aliphatic rings. The molecular formula is C20H15BrFN3OS2. The molecule has 8 heteroatoms. The number of thiazole rings is 1. The second kappa shape index (κ2) is 8.46. The largest absolute Gasteiger partial charge is 0.332 e. The maximum Gasteiger partial charge on any atom is 0.259 e. The van der Waals surface area contributed by atoms with E-state index < -0.39 is 0 Å². The number of carbonyl (C=O) groups is 1. The Bertz CT molecular complexity index is 1040. The van der Waals surface area contributed by atoms with E-state index in [1.54, 1.807) is 28.8 Å². The minimum atomic E-state index is -0.275. The highest BCUT2D eigenvalue weighted by molar-refractivity contribution is 9.10. The van der Waals surface area contributed by atoms with E-state index in [2.05, 4.69) is 26.2 Å². The van der Waals surface area contributed by atoms with E-state index in [4.69, 9.17) is 0 Å². The summed E-state index contributed by atoms with van der Waals surface area (Å²) in [5.41, 5.74) is 2.20. The molecule has 1 saturated heterocycles. The summed E-state index contributed by atoms with van der Waals surface area (Å²) >= 11 is 6.56. The molecule has 0 unspecified atom stereocenters. The van der Waals surface area contributed by atoms with Crippen LogP contribution in [0.4, 0.5) is 15.2 Å². The van der Waals surface area contributed by atoms with Gasteiger partial charge >= 0.3 is 0 Å². The molecule has 4 nitrogen and oxygen atoms in total. The van der Waals surface area contributed by atoms with Gasteiger partial charge in [-0.15, -0.1) is 23.1 Å². The van der Waals surface area contributed by atoms with Crippen LogP contribution >= 0.6 is 39.0 Å². The number of benzene rings is 2. The van der Waals surface area contributed by atoms with Gasteiger partial charge in [0.15, 0.2) is 5.13 Å². The van der Waals surface area contributed by atoms with E-state index in [-0.39, 0.29) is 11.7 Å². The van der Waals surface area contributed by atoms with Crippen LogP contribution in [-0.4, -0.2) is 28.1 Å². The molecule has 0 bridgehead atoms. The summed E-state index contributed by atoms with van der Waals surface area (Å²) in [4.78, 5) is 19.3. The summed E-state index contributed by atoms with van der Waals surface area (Å²) < 4.78 is 13.8. The van der Waals surface area contributed by atoms with Crippen molar-refractivity contribution in [3.05, 3.63) is 80.5 Å². The quantitative estimate of drug-likeness (QED) is 0.504. The molecule has 3 aromatic rings. The van der Waals surface area contributed by atoms with Crippen molar-refractivity contribution in [3.63, 3.8) is 0 Å². The Kier molecular flexibility index (Phi) is 5.79. The zero-order chi connectivity index (χ0) is 19.5. The molecule has 142 valence electrons. The van der Waals surface area contributed by atoms with Crippen molar-refractivity contribution < 1.29 is 9.18 Å². The monoisotopic (exact) mass is 475 g/mol. The predicted octanol–water partition coefficient (Wildman–Crippen LogP) is 5.98. The molecule has 1 aromatic heterocycles. The lowest BCUT2D eigenvalue weighted by Crippen LogP contribution is -2.27. The molecule has 2 aromatic carbocycles. The number of aromatic nitrogens is 1. The number of halogens is 2. The second-order valence-corrected chi connectivity index (χ2v) is 8.80. The lowest BCUT2D eigenvalue weighted by atomic mass is 10.2. The summed E-state index contributed by atoms with van der Waals surface area (Å²) in [5.74, 6) is 0.555. The van der Waals surface area contributed by atoms with Crippen LogP contribution in [0.15, 0.2) is 63.4 Å². The first kappa shape index (κ1) is 19.2. The summed E-state index contributed by atoms with van der Waals surface area (Å²) in [6.07, 6.45) is 1.93. The Hall–Kier alpha value is -2.16. The average molecular weight is 476 g/mol. The number of thioether (sulfide) groups is 1. The number of rotatable bonds is 4. The Morgan fingerprint density at radius 2 is 2.00 bits per heavy atom. The topological polar surface area (TPSA) is 45.2 Å². The van der Waals surface area contributed by atoms with Gasteiger partial charge in [-0.1, -0.05) is 12.1 Å². The number of hydrogen-bond acceptors (Lipinski definition) is 5. The van der Waals surface area contributed by atoms with Gasteiger partial charge in [-0.3, -0.25) is 4.79 Å². The van der Waals surface area contributed by atoms with Crippen LogP contribution in [0.25, 0.3) is 6.08 Å². The van der Waals surface area contributed by atoms with Gasteiger partial charge in [-0.05, 0) is 58.4 Å². The van der Waals surface area contributed by atoms with Gasteiger partial charge in [-0.2, -0.15) is 0 Å². The van der Waals surface area contributed by atoms with E-state index in [9.17, 15) is 9.18 Å². The van der Waals surface area contributed by atoms with Gasteiger partial charge in [0.05, 0.1) is 16.3 Å². The third-order valence-corrected chi connectivity index (χ3v) is 6.56. The molecule has 0 saturated carbocycles. The van der Waals surface area contributed by atoms with Crippen molar-refractivity contribution in [1.29, 1.82) is 0 Å². The smallest absolute Gasteiger partial charge is 0.259 e. The van der Waals surface area contributed by atoms with Gasteiger partial charge in [0, 0.05) is 27.8 Å². The van der Waals surface area contributed by atoms with E-state index >= 15 is 0 Å². The number of carbonyl (C=O) groups excluding carboxylic acids is 1. The van der Waals surface area contributed by atoms with Crippen molar-refractivity contribution in [2.24, 2.45) is 0 Å². The van der Waals surface area contributed by atoms with Crippen LogP contribution in [0.5, 0.6) is 0 Å². The van der Waals surface area contributed by atoms with E-state index in [1.165, 1.54) is 23.5 Å². The van der Waals surface area contributed by atoms with E-state index in [0.717, 1.165) is 26.6 Å². The van der Waals surface area contributed by atoms with Gasteiger partial charge in [0.1, 0.15) is 5.82 Å². The number of hydrogen-bond donors (Lipinski definition) is 1. The molecule has 1 fully saturated rings. The van der Waals surface area contributed by atoms with Gasteiger partial charge in [0.25, 0.3) is 5.91 Å². The Balaban J connectivity index is 1.52. The minimum absolute atomic E-state index is 0.0244. The van der Waals surface area contributed by atoms with E-state index in [1.807, 2.05) is 35.7 Å². The second-order valence-electron chi connectivity index (χ2n) is 5.98. The number of anilines is 2. The molecular weight excluding hydrogens is 461 g/mol. The predicted molar refractivity (Wildman–Crippen MR) is 117 cm³/mol. The Morgan fingerprint density at radius 3 is 2.79 bits per heavy atom. The summed E-state index contributed by atoms with van der Waals surface area (Å²) in [7, 11) is 0. The molecule has 28 heavy (non-hydrogen) atoms. The molecule has 1 amide bonds. The fourth-order valence-electron chi connectivity index (χ4n) is 2.72. The molecule has 1 N–H and O–H groups in total. The highest BCUT2D eigenvalue weighted by atomic mass is 79.9. The van der Waals surface area contributed by atoms with Crippen molar-refractivity contribution >= 4 is 61.8 Å². The van der Waals surface area contributed by atoms with Gasteiger partial charge < -0.3 is 10.2 Å². The van der Waals surface area contributed by atoms with Crippen LogP contribution in [0.2, 0.25) is 0 Å². The molecule has 0 aliphatic carbocycles. The molecule has 4 rings (SSSR count). The van der Waals surface area contributed by atoms with Crippen LogP contribution in [0, 0.1) is 5.82 Å². The summed E-state index contributed by atoms with van der Waals surface area (Å²) in [6, 6.07) is 13.6. The maximum absolute atomic E-state index is 13.0. The Labute approximate surface area is 178 Å². The van der Waals surface area contributed by atoms with Crippen molar-refractivity contribution in [1.82, 2.24) is 9.88 Å². The van der Waals surface area contributed by atoms with Gasteiger partial charge in [-0.25, -0.2) is 9.37 Å². The molecule has 0 atom stereocenters. The lowest BCUT2D eigenvalue weighted by molar-refractivity contribution is 0.0830. The Morgan fingerprint density at radius 1 is 1.21 bits per heavy atom. The highest BCUT2D eigenvalue weighted by Crippen LogP contribution is 2.33. The first-order valence-corrected chi connectivity index (χ1v) is 11.1. The number of nitrogens with one attached hydrogen (secondary N) is 1. The fourth-order valence-corrected chi connectivity index (χ4v) is 4.88. The maximum atomic E-state index is 13.0. The SMILES string of the molecule is O=C(c1ccccc1Br)N1CCS/C1=C/c1csc(Nc2ccc(F)cc2)n1. The van der Waals surface area contributed by atoms with Crippen LogP contribution < -0.4 is 5.32 Å². The lowest BCUT2D eigenvalue weighted by Gasteiger charge is -2.17. The van der Waals surface area contributed by atoms with Crippen molar-refractivity contribution in [2.75, 3.05) is 17.6 Å². The molecule has 2 heterocycles. The first-order chi connectivity index (χ1) is 13.6. The van der Waals surface area contributed by atoms with Crippen molar-refractivity contribution in [2.45, 2.75) is 0 Å². The van der Waals surface area contributed by atoms with Crippen LogP contribution in [0.1, 0.15) is 16.1 Å². The standard InChI is InChI=1S/C20H15BrFN3OS2/c21-17-4-2-1-3-16(17)19(26)25-9-10-27-18(25)11-15-12-28-20(24-15)23-14-7-5-13(22)6-8-14/h1-8,11-12H,9-10H2,(H,23,24)/b18-11+. The van der Waals surface area contributed by atoms with Gasteiger partial charge in [0.2, 0.25) is 0 Å². The molecule has 1 aliphatic heterocycles. The van der Waals surface area contributed by atoms with Crippen LogP contribution in [0.3, 0.4) is 0 Å². The summed E-state index contributed by atoms with van der Waals surface area (Å²) in [5, 5.41) is 6.69. The molecule has 0 spiro atoms. The first-order valence-electron chi connectivity index (χ1n) is 8.49. The molecule has 0 radical (unpaired) electrons. The third-order valence-electron chi connectivity index (χ3n) is 4.07. The summed E-state index contributed by atoms with van der Waals surface area (Å²) in [6.45, 7) is 0.668. The average Bonchev–Trinajstić information content (AvgIpc) is 3.33. The normalized spacial score (nSPS) is 15.2. The fraction of sp³-hybridized carbons (Fsp3) is 0.100. The number of amides is 1. The van der Waals surface area contributed by atoms with E-state index in [0.29, 0.717) is 17.2 Å². The van der Waals surface area contributed by atoms with Crippen LogP contribution in [-0.2, 0) is 0 Å². The minimum Gasteiger partial charge on any atom is -0.332 e. The third kappa shape index (κ3) is 4.29. The zero-order valence-corrected chi connectivity index (χ0v) is 17.8. The van der Waals surface area contributed by atoms with Crippen molar-refractivity contribution in [3.8, 4) is 0 Å².